The van der Waals surface area contributed by atoms with Crippen molar-refractivity contribution in [2.75, 3.05) is 13.2 Å². The summed E-state index contributed by atoms with van der Waals surface area (Å²) < 4.78 is 11.2. The number of phenolic OH excluding ortho intramolecular Hbond substituents is 2. The highest BCUT2D eigenvalue weighted by molar-refractivity contribution is 6.32. The molecule has 7 heteroatoms. The quantitative estimate of drug-likeness (QED) is 0.605. The number of hydrogen-bond donors (Lipinski definition) is 2. The molecule has 0 bridgehead atoms. The Morgan fingerprint density at radius 1 is 1.17 bits per heavy atom. The van der Waals surface area contributed by atoms with Crippen molar-refractivity contribution in [1.82, 2.24) is 10.1 Å². The highest BCUT2D eigenvalue weighted by atomic mass is 35.5. The van der Waals surface area contributed by atoms with E-state index in [1.807, 2.05) is 12.1 Å². The molecule has 0 amide bonds. The van der Waals surface area contributed by atoms with E-state index in [-0.39, 0.29) is 16.5 Å². The van der Waals surface area contributed by atoms with Crippen LogP contribution in [0.4, 0.5) is 0 Å². The molecule has 0 spiro atoms. The van der Waals surface area contributed by atoms with Gasteiger partial charge in [-0.2, -0.15) is 0 Å². The first kappa shape index (κ1) is 19.6. The number of aromatic hydroxyl groups is 2. The van der Waals surface area contributed by atoms with Crippen LogP contribution in [-0.2, 0) is 19.5 Å². The molecule has 0 atom stereocenters. The van der Waals surface area contributed by atoms with Crippen LogP contribution in [0.5, 0.6) is 17.2 Å². The van der Waals surface area contributed by atoms with E-state index < -0.39 is 0 Å². The Kier molecular flexibility index (Phi) is 5.65. The molecule has 2 aromatic carbocycles. The summed E-state index contributed by atoms with van der Waals surface area (Å²) in [7, 11) is 0. The smallest absolute Gasteiger partial charge is 0.175 e. The van der Waals surface area contributed by atoms with E-state index in [0.717, 1.165) is 49.5 Å². The number of phenols is 2. The van der Waals surface area contributed by atoms with Crippen LogP contribution in [0.1, 0.15) is 30.2 Å². The van der Waals surface area contributed by atoms with E-state index >= 15 is 0 Å². The van der Waals surface area contributed by atoms with Crippen LogP contribution in [-0.4, -0.2) is 33.4 Å². The highest BCUT2D eigenvalue weighted by Crippen LogP contribution is 2.40. The Labute approximate surface area is 174 Å². The Bertz CT molecular complexity index is 1000. The summed E-state index contributed by atoms with van der Waals surface area (Å²) in [5, 5.41) is 24.3. The number of fused-ring (bicyclic) bond motifs is 1. The average molecular weight is 415 g/mol. The third-order valence-electron chi connectivity index (χ3n) is 5.03. The SMILES string of the molecule is CCCOc1ccc(CN2CCc3noc(-c4cc(Cl)c(O)cc4O)c3C2)cc1. The predicted molar refractivity (Wildman–Crippen MR) is 110 cm³/mol. The first-order valence-electron chi connectivity index (χ1n) is 9.68. The van der Waals surface area contributed by atoms with Crippen LogP contribution in [0, 0.1) is 0 Å². The molecule has 0 fully saturated rings. The van der Waals surface area contributed by atoms with Crippen LogP contribution in [0.15, 0.2) is 40.9 Å². The number of nitrogens with zero attached hydrogens (tertiary/aromatic N) is 2. The zero-order valence-corrected chi connectivity index (χ0v) is 16.9. The number of benzene rings is 2. The van der Waals surface area contributed by atoms with Gasteiger partial charge in [0.25, 0.3) is 0 Å². The van der Waals surface area contributed by atoms with E-state index in [4.69, 9.17) is 20.9 Å². The summed E-state index contributed by atoms with van der Waals surface area (Å²) in [5.74, 6) is 1.12. The standard InChI is InChI=1S/C22H23ClN2O4/c1-2-9-28-15-5-3-14(4-6-15)12-25-8-7-19-17(13-25)22(29-24-19)16-10-18(23)21(27)11-20(16)26/h3-6,10-11,26-27H,2,7-9,12-13H2,1H3. The third-order valence-corrected chi connectivity index (χ3v) is 5.33. The highest BCUT2D eigenvalue weighted by Gasteiger charge is 2.26. The third kappa shape index (κ3) is 4.18. The predicted octanol–water partition coefficient (Wildman–Crippen LogP) is 4.75. The molecule has 4 rings (SSSR count). The number of halogens is 1. The van der Waals surface area contributed by atoms with Crippen molar-refractivity contribution in [2.45, 2.75) is 32.9 Å². The molecular weight excluding hydrogens is 392 g/mol. The molecule has 2 heterocycles. The molecule has 0 saturated heterocycles. The van der Waals surface area contributed by atoms with E-state index in [9.17, 15) is 10.2 Å². The van der Waals surface area contributed by atoms with Gasteiger partial charge in [0.15, 0.2) is 5.76 Å². The van der Waals surface area contributed by atoms with Gasteiger partial charge in [0, 0.05) is 37.7 Å². The maximum absolute atomic E-state index is 10.2. The first-order chi connectivity index (χ1) is 14.0. The minimum Gasteiger partial charge on any atom is -0.507 e. The van der Waals surface area contributed by atoms with Crippen LogP contribution >= 0.6 is 11.6 Å². The topological polar surface area (TPSA) is 79.0 Å². The second-order valence-electron chi connectivity index (χ2n) is 7.21. The maximum atomic E-state index is 10.2. The van der Waals surface area contributed by atoms with Gasteiger partial charge in [0.1, 0.15) is 17.2 Å². The van der Waals surface area contributed by atoms with Gasteiger partial charge in [-0.05, 0) is 30.2 Å². The fourth-order valence-electron chi connectivity index (χ4n) is 3.52. The average Bonchev–Trinajstić information content (AvgIpc) is 3.13. The summed E-state index contributed by atoms with van der Waals surface area (Å²) in [5.41, 5.74) is 3.46. The molecule has 1 aliphatic heterocycles. The molecule has 0 unspecified atom stereocenters. The van der Waals surface area contributed by atoms with Crippen LogP contribution in [0.2, 0.25) is 5.02 Å². The molecule has 2 N–H and O–H groups in total. The number of rotatable bonds is 6. The van der Waals surface area contributed by atoms with Gasteiger partial charge in [0.2, 0.25) is 0 Å². The van der Waals surface area contributed by atoms with E-state index in [0.29, 0.717) is 17.9 Å². The Morgan fingerprint density at radius 2 is 1.97 bits per heavy atom. The molecule has 0 radical (unpaired) electrons. The molecule has 1 aliphatic rings. The van der Waals surface area contributed by atoms with Crippen LogP contribution in [0.3, 0.4) is 0 Å². The van der Waals surface area contributed by atoms with Gasteiger partial charge in [0.05, 0.1) is 22.9 Å². The summed E-state index contributed by atoms with van der Waals surface area (Å²) >= 11 is 6.02. The Balaban J connectivity index is 1.52. The minimum absolute atomic E-state index is 0.0920. The second kappa shape index (κ2) is 8.35. The van der Waals surface area contributed by atoms with Gasteiger partial charge >= 0.3 is 0 Å². The number of ether oxygens (including phenoxy) is 1. The van der Waals surface area contributed by atoms with Gasteiger partial charge in [-0.3, -0.25) is 4.90 Å². The van der Waals surface area contributed by atoms with E-state index in [1.54, 1.807) is 0 Å². The Hall–Kier alpha value is -2.70. The fraction of sp³-hybridized carbons (Fsp3) is 0.318. The zero-order chi connectivity index (χ0) is 20.4. The molecule has 1 aromatic heterocycles. The van der Waals surface area contributed by atoms with Crippen LogP contribution < -0.4 is 4.74 Å². The summed E-state index contributed by atoms with van der Waals surface area (Å²) in [6.45, 7) is 5.12. The van der Waals surface area contributed by atoms with Gasteiger partial charge in [-0.25, -0.2) is 0 Å². The lowest BCUT2D eigenvalue weighted by Crippen LogP contribution is -2.30. The van der Waals surface area contributed by atoms with Crippen LogP contribution in [0.25, 0.3) is 11.3 Å². The zero-order valence-electron chi connectivity index (χ0n) is 16.2. The molecular formula is C22H23ClN2O4. The van der Waals surface area contributed by atoms with E-state index in [1.165, 1.54) is 17.7 Å². The summed E-state index contributed by atoms with van der Waals surface area (Å²) in [6, 6.07) is 10.9. The van der Waals surface area contributed by atoms with Crippen molar-refractivity contribution in [3.8, 4) is 28.6 Å². The fourth-order valence-corrected chi connectivity index (χ4v) is 3.68. The minimum atomic E-state index is -0.172. The van der Waals surface area contributed by atoms with Crippen molar-refractivity contribution >= 4 is 11.6 Å². The first-order valence-corrected chi connectivity index (χ1v) is 10.1. The lowest BCUT2D eigenvalue weighted by atomic mass is 10.0. The molecule has 3 aromatic rings. The number of aromatic nitrogens is 1. The monoisotopic (exact) mass is 414 g/mol. The molecule has 152 valence electrons. The summed E-state index contributed by atoms with van der Waals surface area (Å²) in [6.07, 6.45) is 1.75. The normalized spacial score (nSPS) is 14.0. The van der Waals surface area contributed by atoms with Gasteiger partial charge < -0.3 is 19.5 Å². The molecule has 0 saturated carbocycles. The van der Waals surface area contributed by atoms with Crippen molar-refractivity contribution in [3.05, 3.63) is 58.2 Å². The number of hydrogen-bond acceptors (Lipinski definition) is 6. The molecule has 29 heavy (non-hydrogen) atoms. The van der Waals surface area contributed by atoms with Crippen molar-refractivity contribution in [2.24, 2.45) is 0 Å². The van der Waals surface area contributed by atoms with E-state index in [2.05, 4.69) is 29.1 Å². The Morgan fingerprint density at radius 3 is 2.72 bits per heavy atom. The van der Waals surface area contributed by atoms with Crippen molar-refractivity contribution in [3.63, 3.8) is 0 Å². The summed E-state index contributed by atoms with van der Waals surface area (Å²) in [4.78, 5) is 2.31. The molecule has 6 nitrogen and oxygen atoms in total. The van der Waals surface area contributed by atoms with Crippen molar-refractivity contribution in [1.29, 1.82) is 0 Å². The maximum Gasteiger partial charge on any atom is 0.175 e. The van der Waals surface area contributed by atoms with Gasteiger partial charge in [-0.15, -0.1) is 0 Å². The van der Waals surface area contributed by atoms with Gasteiger partial charge in [-0.1, -0.05) is 35.8 Å². The van der Waals surface area contributed by atoms with Crippen molar-refractivity contribution < 1.29 is 19.5 Å². The molecule has 0 aliphatic carbocycles. The lowest BCUT2D eigenvalue weighted by Gasteiger charge is -2.26. The lowest BCUT2D eigenvalue weighted by molar-refractivity contribution is 0.244. The second-order valence-corrected chi connectivity index (χ2v) is 7.62. The largest absolute Gasteiger partial charge is 0.507 e.